The summed E-state index contributed by atoms with van der Waals surface area (Å²) in [7, 11) is 3.19. The SMILES string of the molecule is COC1=CC(Cl)(OC)C(c2cn3ccc(N[C@H]4CC[C@@H](NCc5ccc([N+](=O)[O-])cc5)CC4)cc3n2)C=C1. The van der Waals surface area contributed by atoms with Gasteiger partial charge in [0, 0.05) is 68.1 Å². The molecule has 0 amide bonds. The minimum Gasteiger partial charge on any atom is -0.497 e. The molecule has 200 valence electrons. The third kappa shape index (κ3) is 5.70. The normalized spacial score (nSPS) is 25.2. The first-order valence-electron chi connectivity index (χ1n) is 12.8. The number of ether oxygens (including phenoxy) is 2. The second kappa shape index (κ2) is 11.1. The predicted molar refractivity (Wildman–Crippen MR) is 147 cm³/mol. The van der Waals surface area contributed by atoms with Gasteiger partial charge in [-0.15, -0.1) is 0 Å². The fraction of sp³-hybridized carbons (Fsp3) is 0.393. The number of nitrogens with zero attached hydrogens (tertiary/aromatic N) is 3. The summed E-state index contributed by atoms with van der Waals surface area (Å²) >= 11 is 6.79. The number of pyridine rings is 1. The van der Waals surface area contributed by atoms with Crippen LogP contribution in [0.4, 0.5) is 11.4 Å². The van der Waals surface area contributed by atoms with Crippen LogP contribution in [0.1, 0.15) is 42.9 Å². The zero-order valence-electron chi connectivity index (χ0n) is 21.5. The van der Waals surface area contributed by atoms with Crippen molar-refractivity contribution in [2.24, 2.45) is 0 Å². The number of alkyl halides is 1. The summed E-state index contributed by atoms with van der Waals surface area (Å²) < 4.78 is 12.9. The number of aromatic nitrogens is 2. The van der Waals surface area contributed by atoms with Crippen LogP contribution in [-0.2, 0) is 16.0 Å². The minimum atomic E-state index is -1.07. The number of nitro groups is 1. The number of non-ortho nitro benzene ring substituents is 1. The van der Waals surface area contributed by atoms with E-state index in [-0.39, 0.29) is 16.5 Å². The number of nitro benzene ring substituents is 1. The summed E-state index contributed by atoms with van der Waals surface area (Å²) in [5, 5.41) is 17.0. The van der Waals surface area contributed by atoms with Crippen LogP contribution in [0.2, 0.25) is 0 Å². The van der Waals surface area contributed by atoms with Gasteiger partial charge in [0.25, 0.3) is 5.69 Å². The molecule has 2 aromatic heterocycles. The summed E-state index contributed by atoms with van der Waals surface area (Å²) in [5.74, 6) is 0.405. The summed E-state index contributed by atoms with van der Waals surface area (Å²) in [5.41, 5.74) is 3.88. The van der Waals surface area contributed by atoms with Crippen molar-refractivity contribution in [2.45, 2.75) is 55.3 Å². The maximum absolute atomic E-state index is 10.8. The monoisotopic (exact) mass is 537 g/mol. The number of hydrogen-bond donors (Lipinski definition) is 2. The van der Waals surface area contributed by atoms with Crippen LogP contribution >= 0.6 is 11.6 Å². The molecule has 0 aliphatic heterocycles. The van der Waals surface area contributed by atoms with Crippen molar-refractivity contribution in [3.05, 3.63) is 94.2 Å². The Kier molecular flexibility index (Phi) is 7.69. The molecule has 1 fully saturated rings. The summed E-state index contributed by atoms with van der Waals surface area (Å²) in [6.45, 7) is 0.713. The number of hydrogen-bond acceptors (Lipinski definition) is 7. The zero-order chi connectivity index (χ0) is 26.7. The van der Waals surface area contributed by atoms with Crippen molar-refractivity contribution in [1.29, 1.82) is 0 Å². The lowest BCUT2D eigenvalue weighted by Crippen LogP contribution is -2.36. The number of fused-ring (bicyclic) bond motifs is 1. The first-order chi connectivity index (χ1) is 18.4. The number of imidazole rings is 1. The maximum atomic E-state index is 10.8. The first-order valence-corrected chi connectivity index (χ1v) is 13.2. The van der Waals surface area contributed by atoms with Crippen LogP contribution < -0.4 is 10.6 Å². The predicted octanol–water partition coefficient (Wildman–Crippen LogP) is 5.52. The molecule has 0 saturated heterocycles. The van der Waals surface area contributed by atoms with Crippen molar-refractivity contribution in [3.63, 3.8) is 0 Å². The van der Waals surface area contributed by atoms with Gasteiger partial charge < -0.3 is 24.5 Å². The average Bonchev–Trinajstić information content (AvgIpc) is 3.35. The largest absolute Gasteiger partial charge is 0.497 e. The number of allylic oxidation sites excluding steroid dienone is 1. The van der Waals surface area contributed by atoms with Gasteiger partial charge in [0.15, 0.2) is 5.06 Å². The highest BCUT2D eigenvalue weighted by Crippen LogP contribution is 2.41. The van der Waals surface area contributed by atoms with Crippen LogP contribution in [0, 0.1) is 10.1 Å². The molecule has 2 aliphatic rings. The van der Waals surface area contributed by atoms with E-state index in [1.807, 2.05) is 41.1 Å². The summed E-state index contributed by atoms with van der Waals surface area (Å²) in [6.07, 6.45) is 13.9. The smallest absolute Gasteiger partial charge is 0.269 e. The van der Waals surface area contributed by atoms with Crippen molar-refractivity contribution in [3.8, 4) is 0 Å². The molecular formula is C28H32ClN5O4. The van der Waals surface area contributed by atoms with Crippen LogP contribution in [0.5, 0.6) is 0 Å². The van der Waals surface area contributed by atoms with Crippen molar-refractivity contribution >= 4 is 28.6 Å². The second-order valence-corrected chi connectivity index (χ2v) is 10.4. The Labute approximate surface area is 226 Å². The molecule has 0 bridgehead atoms. The fourth-order valence-corrected chi connectivity index (χ4v) is 5.48. The molecule has 1 aromatic carbocycles. The highest BCUT2D eigenvalue weighted by molar-refractivity contribution is 6.25. The maximum Gasteiger partial charge on any atom is 0.269 e. The number of nitrogens with one attached hydrogen (secondary N) is 2. The molecule has 2 unspecified atom stereocenters. The Morgan fingerprint density at radius 3 is 2.58 bits per heavy atom. The number of halogens is 1. The Morgan fingerprint density at radius 2 is 1.89 bits per heavy atom. The van der Waals surface area contributed by atoms with Gasteiger partial charge in [0.1, 0.15) is 11.4 Å². The van der Waals surface area contributed by atoms with Gasteiger partial charge >= 0.3 is 0 Å². The van der Waals surface area contributed by atoms with Gasteiger partial charge in [0.2, 0.25) is 0 Å². The molecule has 2 heterocycles. The van der Waals surface area contributed by atoms with Gasteiger partial charge in [0.05, 0.1) is 23.6 Å². The van der Waals surface area contributed by atoms with Crippen LogP contribution in [0.25, 0.3) is 5.65 Å². The van der Waals surface area contributed by atoms with E-state index < -0.39 is 5.06 Å². The Morgan fingerprint density at radius 1 is 1.16 bits per heavy atom. The highest BCUT2D eigenvalue weighted by atomic mass is 35.5. The summed E-state index contributed by atoms with van der Waals surface area (Å²) in [6, 6.07) is 11.7. The minimum absolute atomic E-state index is 0.121. The van der Waals surface area contributed by atoms with Crippen LogP contribution in [0.15, 0.2) is 72.8 Å². The van der Waals surface area contributed by atoms with Gasteiger partial charge in [-0.05, 0) is 43.4 Å². The third-order valence-electron chi connectivity index (χ3n) is 7.40. The molecule has 2 aliphatic carbocycles. The Bertz CT molecular complexity index is 1350. The number of methoxy groups -OCH3 is 2. The topological polar surface area (TPSA) is 103 Å². The lowest BCUT2D eigenvalue weighted by molar-refractivity contribution is -0.384. The lowest BCUT2D eigenvalue weighted by atomic mass is 9.91. The highest BCUT2D eigenvalue weighted by Gasteiger charge is 2.39. The standard InChI is InChI=1S/C28H32ClN5O4/c1-37-24-11-12-25(28(29,16-24)38-2)26-18-33-14-13-22(15-27(33)32-26)31-21-7-5-20(6-8-21)30-17-19-3-9-23(10-4-19)34(35)36/h3-4,9-16,18,20-21,25,30-31H,5-8,17H2,1-2H3/t20-,21+,25?,28?. The molecule has 0 radical (unpaired) electrons. The molecule has 2 atom stereocenters. The average molecular weight is 538 g/mol. The molecule has 0 spiro atoms. The fourth-order valence-electron chi connectivity index (χ4n) is 5.18. The molecule has 2 N–H and O–H groups in total. The quantitative estimate of drug-likeness (QED) is 0.210. The summed E-state index contributed by atoms with van der Waals surface area (Å²) in [4.78, 5) is 15.3. The molecular weight excluding hydrogens is 506 g/mol. The van der Waals surface area contributed by atoms with E-state index in [0.717, 1.165) is 48.3 Å². The van der Waals surface area contributed by atoms with Crippen molar-refractivity contribution in [2.75, 3.05) is 19.5 Å². The molecule has 1 saturated carbocycles. The van der Waals surface area contributed by atoms with Crippen molar-refractivity contribution < 1.29 is 14.4 Å². The van der Waals surface area contributed by atoms with Gasteiger partial charge in [-0.1, -0.05) is 29.8 Å². The number of rotatable bonds is 9. The number of anilines is 1. The molecule has 9 nitrogen and oxygen atoms in total. The molecule has 3 aromatic rings. The van der Waals surface area contributed by atoms with E-state index in [4.69, 9.17) is 26.1 Å². The Hall–Kier alpha value is -3.40. The van der Waals surface area contributed by atoms with E-state index in [1.54, 1.807) is 32.4 Å². The van der Waals surface area contributed by atoms with Crippen LogP contribution in [-0.4, -0.2) is 45.7 Å². The van der Waals surface area contributed by atoms with Gasteiger partial charge in [-0.25, -0.2) is 4.98 Å². The lowest BCUT2D eigenvalue weighted by Gasteiger charge is -2.31. The second-order valence-electron chi connectivity index (χ2n) is 9.83. The van der Waals surface area contributed by atoms with Gasteiger partial charge in [-0.2, -0.15) is 0 Å². The third-order valence-corrected chi connectivity index (χ3v) is 7.90. The Balaban J connectivity index is 1.16. The van der Waals surface area contributed by atoms with E-state index in [9.17, 15) is 10.1 Å². The van der Waals surface area contributed by atoms with E-state index in [2.05, 4.69) is 22.8 Å². The van der Waals surface area contributed by atoms with E-state index in [0.29, 0.717) is 24.4 Å². The zero-order valence-corrected chi connectivity index (χ0v) is 22.2. The molecule has 10 heteroatoms. The van der Waals surface area contributed by atoms with Gasteiger partial charge in [-0.3, -0.25) is 10.1 Å². The van der Waals surface area contributed by atoms with E-state index in [1.165, 1.54) is 0 Å². The van der Waals surface area contributed by atoms with Crippen LogP contribution in [0.3, 0.4) is 0 Å². The molecule has 5 rings (SSSR count). The van der Waals surface area contributed by atoms with Crippen molar-refractivity contribution in [1.82, 2.24) is 14.7 Å². The first kappa shape index (κ1) is 26.2. The molecule has 38 heavy (non-hydrogen) atoms. The van der Waals surface area contributed by atoms with E-state index >= 15 is 0 Å². The number of benzene rings is 1.